The molecule has 1 unspecified atom stereocenters. The number of hydrogen-bond acceptors (Lipinski definition) is 1. The molecule has 1 atom stereocenters. The van der Waals surface area contributed by atoms with Crippen molar-refractivity contribution in [3.05, 3.63) is 23.9 Å². The van der Waals surface area contributed by atoms with E-state index in [1.165, 1.54) is 19.2 Å². The molecule has 1 aliphatic heterocycles. The van der Waals surface area contributed by atoms with Crippen molar-refractivity contribution in [2.24, 2.45) is 0 Å². The number of dihydropyridines is 1. The maximum absolute atomic E-state index is 12.0. The Morgan fingerprint density at radius 3 is 2.45 bits per heavy atom. The summed E-state index contributed by atoms with van der Waals surface area (Å²) in [7, 11) is 0. The van der Waals surface area contributed by atoms with E-state index in [2.05, 4.69) is 5.32 Å². The van der Waals surface area contributed by atoms with Gasteiger partial charge in [0, 0.05) is 0 Å². The molecule has 0 bridgehead atoms. The van der Waals surface area contributed by atoms with Crippen LogP contribution in [0, 0.1) is 0 Å². The quantitative estimate of drug-likeness (QED) is 0.575. The van der Waals surface area contributed by atoms with E-state index in [1.807, 2.05) is 0 Å². The van der Waals surface area contributed by atoms with Crippen LogP contribution in [0.15, 0.2) is 23.9 Å². The van der Waals surface area contributed by atoms with Gasteiger partial charge in [0.15, 0.2) is 0 Å². The number of hydrogen-bond donors (Lipinski definition) is 1. The lowest BCUT2D eigenvalue weighted by molar-refractivity contribution is -0.0959. The van der Waals surface area contributed by atoms with Gasteiger partial charge in [0.05, 0.1) is 11.6 Å². The normalized spacial score (nSPS) is 24.4. The van der Waals surface area contributed by atoms with E-state index in [0.717, 1.165) is 6.08 Å². The van der Waals surface area contributed by atoms with E-state index >= 15 is 0 Å². The second-order valence-electron chi connectivity index (χ2n) is 2.37. The third-order valence-electron chi connectivity index (χ3n) is 1.51. The predicted octanol–water partition coefficient (Wildman–Crippen LogP) is 1.98. The minimum absolute atomic E-state index is 0.528. The van der Waals surface area contributed by atoms with Gasteiger partial charge in [-0.15, -0.1) is 0 Å². The Hall–Kier alpha value is -0.930. The molecule has 4 heteroatoms. The molecule has 1 rings (SSSR count). The van der Waals surface area contributed by atoms with Crippen molar-refractivity contribution in [1.29, 1.82) is 0 Å². The summed E-state index contributed by atoms with van der Waals surface area (Å²) in [5, 5.41) is 2.57. The zero-order valence-electron chi connectivity index (χ0n) is 5.94. The third kappa shape index (κ3) is 1.76. The number of rotatable bonds is 0. The van der Waals surface area contributed by atoms with Gasteiger partial charge < -0.3 is 5.32 Å². The largest absolute Gasteiger partial charge is 0.414 e. The fraction of sp³-hybridized carbons (Fsp3) is 0.429. The van der Waals surface area contributed by atoms with Crippen LogP contribution in [-0.4, -0.2) is 12.2 Å². The van der Waals surface area contributed by atoms with Gasteiger partial charge in [0.1, 0.15) is 0 Å². The summed E-state index contributed by atoms with van der Waals surface area (Å²) in [5.41, 5.74) is -0.528. The van der Waals surface area contributed by atoms with Crippen molar-refractivity contribution in [2.75, 3.05) is 0 Å². The average molecular weight is 163 g/mol. The molecule has 0 aromatic carbocycles. The van der Waals surface area contributed by atoms with Crippen LogP contribution in [-0.2, 0) is 0 Å². The van der Waals surface area contributed by atoms with Crippen molar-refractivity contribution in [2.45, 2.75) is 19.1 Å². The molecule has 62 valence electrons. The number of allylic oxidation sites excluding steroid dienone is 2. The monoisotopic (exact) mass is 163 g/mol. The number of alkyl halides is 3. The van der Waals surface area contributed by atoms with E-state index in [1.54, 1.807) is 0 Å². The zero-order chi connectivity index (χ0) is 8.48. The van der Waals surface area contributed by atoms with Crippen molar-refractivity contribution in [3.63, 3.8) is 0 Å². The summed E-state index contributed by atoms with van der Waals surface area (Å²) in [6.07, 6.45) is -0.277. The highest BCUT2D eigenvalue weighted by atomic mass is 19.4. The third-order valence-corrected chi connectivity index (χ3v) is 1.51. The highest BCUT2D eigenvalue weighted by Crippen LogP contribution is 2.29. The van der Waals surface area contributed by atoms with Gasteiger partial charge in [-0.1, -0.05) is 6.08 Å². The Morgan fingerprint density at radius 1 is 1.45 bits per heavy atom. The summed E-state index contributed by atoms with van der Waals surface area (Å²) >= 11 is 0. The van der Waals surface area contributed by atoms with E-state index in [9.17, 15) is 13.2 Å². The molecule has 0 aromatic heterocycles. The lowest BCUT2D eigenvalue weighted by atomic mass is 10.1. The van der Waals surface area contributed by atoms with Crippen molar-refractivity contribution < 1.29 is 13.2 Å². The Morgan fingerprint density at radius 2 is 2.09 bits per heavy atom. The molecule has 1 nitrogen and oxygen atoms in total. The van der Waals surface area contributed by atoms with Gasteiger partial charge in [0.2, 0.25) is 0 Å². The molecule has 0 saturated heterocycles. The molecule has 0 aromatic rings. The van der Waals surface area contributed by atoms with E-state index in [4.69, 9.17) is 0 Å². The maximum atomic E-state index is 12.0. The number of halogens is 3. The molecule has 0 amide bonds. The average Bonchev–Trinajstić information content (AvgIpc) is 1.86. The number of nitrogens with one attached hydrogen (secondary N) is 1. The van der Waals surface area contributed by atoms with Crippen molar-refractivity contribution in [1.82, 2.24) is 5.32 Å². The summed E-state index contributed by atoms with van der Waals surface area (Å²) in [5.74, 6) is 0. The highest BCUT2D eigenvalue weighted by Gasteiger charge is 2.36. The molecule has 1 aliphatic rings. The molecule has 0 aliphatic carbocycles. The first-order valence-electron chi connectivity index (χ1n) is 3.22. The second kappa shape index (κ2) is 2.60. The summed E-state index contributed by atoms with van der Waals surface area (Å²) in [6, 6.07) is -0.639. The van der Waals surface area contributed by atoms with Crippen molar-refractivity contribution >= 4 is 0 Å². The van der Waals surface area contributed by atoms with Crippen LogP contribution in [0.3, 0.4) is 0 Å². The Kier molecular flexibility index (Phi) is 1.93. The van der Waals surface area contributed by atoms with Crippen LogP contribution in [0.2, 0.25) is 0 Å². The maximum Gasteiger partial charge on any atom is 0.414 e. The van der Waals surface area contributed by atoms with Gasteiger partial charge in [-0.05, 0) is 19.2 Å². The van der Waals surface area contributed by atoms with Crippen LogP contribution in [0.25, 0.3) is 0 Å². The van der Waals surface area contributed by atoms with Gasteiger partial charge in [-0.3, -0.25) is 0 Å². The molecule has 0 saturated carbocycles. The minimum atomic E-state index is -4.21. The Labute approximate surface area is 62.6 Å². The smallest absolute Gasteiger partial charge is 0.384 e. The summed E-state index contributed by atoms with van der Waals surface area (Å²) < 4.78 is 36.1. The van der Waals surface area contributed by atoms with Gasteiger partial charge >= 0.3 is 6.18 Å². The van der Waals surface area contributed by atoms with Gasteiger partial charge in [-0.25, -0.2) is 0 Å². The molecular weight excluding hydrogens is 155 g/mol. The van der Waals surface area contributed by atoms with E-state index in [0.29, 0.717) is 0 Å². The van der Waals surface area contributed by atoms with Crippen LogP contribution >= 0.6 is 0 Å². The lowest BCUT2D eigenvalue weighted by Crippen LogP contribution is -2.32. The van der Waals surface area contributed by atoms with Crippen molar-refractivity contribution in [3.8, 4) is 0 Å². The summed E-state index contributed by atoms with van der Waals surface area (Å²) in [4.78, 5) is 0. The lowest BCUT2D eigenvalue weighted by Gasteiger charge is -2.21. The predicted molar refractivity (Wildman–Crippen MR) is 35.9 cm³/mol. The zero-order valence-corrected chi connectivity index (χ0v) is 5.94. The molecule has 0 radical (unpaired) electrons. The molecule has 1 heterocycles. The molecule has 11 heavy (non-hydrogen) atoms. The molecule has 0 spiro atoms. The fourth-order valence-electron chi connectivity index (χ4n) is 0.926. The molecule has 1 N–H and O–H groups in total. The fourth-order valence-corrected chi connectivity index (χ4v) is 0.926. The van der Waals surface area contributed by atoms with Crippen LogP contribution < -0.4 is 5.32 Å². The van der Waals surface area contributed by atoms with E-state index < -0.39 is 17.8 Å². The van der Waals surface area contributed by atoms with Crippen LogP contribution in [0.4, 0.5) is 13.2 Å². The topological polar surface area (TPSA) is 12.0 Å². The highest BCUT2D eigenvalue weighted by molar-refractivity contribution is 5.25. The molecule has 0 fully saturated rings. The first-order chi connectivity index (χ1) is 5.02. The second-order valence-corrected chi connectivity index (χ2v) is 2.37. The summed E-state index contributed by atoms with van der Waals surface area (Å²) in [6.45, 7) is 1.48. The van der Waals surface area contributed by atoms with Gasteiger partial charge in [-0.2, -0.15) is 13.2 Å². The Balaban J connectivity index is 2.84. The van der Waals surface area contributed by atoms with Crippen LogP contribution in [0.1, 0.15) is 6.92 Å². The SMILES string of the molecule is CC1NC=CC=C1C(F)(F)F. The first kappa shape index (κ1) is 8.17. The van der Waals surface area contributed by atoms with Gasteiger partial charge in [0.25, 0.3) is 0 Å². The molecular formula is C7H8F3N. The minimum Gasteiger partial charge on any atom is -0.384 e. The first-order valence-corrected chi connectivity index (χ1v) is 3.22. The standard InChI is InChI=1S/C7H8F3N/c1-5-6(7(8,9)10)3-2-4-11-5/h2-5,11H,1H3. The Bertz CT molecular complexity index is 202. The van der Waals surface area contributed by atoms with Crippen LogP contribution in [0.5, 0.6) is 0 Å². The van der Waals surface area contributed by atoms with E-state index in [-0.39, 0.29) is 0 Å².